The van der Waals surface area contributed by atoms with E-state index in [0.29, 0.717) is 0 Å². The van der Waals surface area contributed by atoms with Gasteiger partial charge in [0.1, 0.15) is 5.82 Å². The lowest BCUT2D eigenvalue weighted by Gasteiger charge is -2.32. The van der Waals surface area contributed by atoms with Crippen LogP contribution in [0.25, 0.3) is 10.9 Å². The van der Waals surface area contributed by atoms with Gasteiger partial charge in [-0.1, -0.05) is 18.2 Å². The predicted molar refractivity (Wildman–Crippen MR) is 93.0 cm³/mol. The molecule has 0 saturated carbocycles. The zero-order valence-electron chi connectivity index (χ0n) is 13.9. The summed E-state index contributed by atoms with van der Waals surface area (Å²) in [7, 11) is 0. The third-order valence-electron chi connectivity index (χ3n) is 4.87. The van der Waals surface area contributed by atoms with E-state index in [0.717, 1.165) is 53.1 Å². The van der Waals surface area contributed by atoms with Crippen molar-refractivity contribution in [1.29, 1.82) is 0 Å². The summed E-state index contributed by atoms with van der Waals surface area (Å²) >= 11 is 0. The van der Waals surface area contributed by atoms with Gasteiger partial charge in [0.05, 0.1) is 6.04 Å². The molecule has 4 rings (SSSR count). The van der Waals surface area contributed by atoms with Gasteiger partial charge in [0.15, 0.2) is 5.78 Å². The van der Waals surface area contributed by atoms with E-state index in [1.807, 2.05) is 50.5 Å². The average molecular weight is 320 g/mol. The van der Waals surface area contributed by atoms with Crippen LogP contribution in [0.4, 0.5) is 0 Å². The van der Waals surface area contributed by atoms with Crippen LogP contribution >= 0.6 is 0 Å². The second kappa shape index (κ2) is 5.83. The Hall–Kier alpha value is -2.53. The number of carbonyl (C=O) groups is 1. The summed E-state index contributed by atoms with van der Waals surface area (Å²) in [6.45, 7) is 5.48. The van der Waals surface area contributed by atoms with Gasteiger partial charge in [-0.25, -0.2) is 9.97 Å². The van der Waals surface area contributed by atoms with E-state index in [1.165, 1.54) is 0 Å². The number of nitrogens with one attached hydrogen (secondary N) is 1. The lowest BCUT2D eigenvalue weighted by molar-refractivity contribution is 0.0820. The molecule has 24 heavy (non-hydrogen) atoms. The number of fused-ring (bicyclic) bond motifs is 2. The first kappa shape index (κ1) is 15.0. The van der Waals surface area contributed by atoms with E-state index in [1.54, 1.807) is 0 Å². The lowest BCUT2D eigenvalue weighted by atomic mass is 10.00. The summed E-state index contributed by atoms with van der Waals surface area (Å²) in [5.41, 5.74) is 4.01. The highest BCUT2D eigenvalue weighted by Gasteiger charge is 2.28. The Labute approximate surface area is 140 Å². The second-order valence-electron chi connectivity index (χ2n) is 6.40. The van der Waals surface area contributed by atoms with Crippen molar-refractivity contribution in [1.82, 2.24) is 19.9 Å². The van der Waals surface area contributed by atoms with Gasteiger partial charge in [-0.3, -0.25) is 9.69 Å². The monoisotopic (exact) mass is 320 g/mol. The molecule has 0 radical (unpaired) electrons. The average Bonchev–Trinajstić information content (AvgIpc) is 3.04. The molecule has 2 aromatic heterocycles. The summed E-state index contributed by atoms with van der Waals surface area (Å²) in [5.74, 6) is 0.967. The molecule has 1 aliphatic rings. The quantitative estimate of drug-likeness (QED) is 0.754. The minimum Gasteiger partial charge on any atom is -0.360 e. The molecule has 1 atom stereocenters. The van der Waals surface area contributed by atoms with Crippen molar-refractivity contribution in [2.45, 2.75) is 32.9 Å². The molecule has 0 unspecified atom stereocenters. The molecule has 0 bridgehead atoms. The topological polar surface area (TPSA) is 61.9 Å². The molecule has 0 saturated heterocycles. The molecule has 0 aliphatic carbocycles. The SMILES string of the molecule is Cc1ncc2c(n1)CCN([C@H](C)C(=O)c1c[nH]c3ccccc13)C2. The van der Waals surface area contributed by atoms with E-state index < -0.39 is 0 Å². The predicted octanol–water partition coefficient (Wildman–Crippen LogP) is 2.90. The van der Waals surface area contributed by atoms with Crippen LogP contribution < -0.4 is 0 Å². The van der Waals surface area contributed by atoms with Crippen LogP contribution in [-0.4, -0.2) is 38.2 Å². The first-order valence-corrected chi connectivity index (χ1v) is 8.29. The summed E-state index contributed by atoms with van der Waals surface area (Å²) in [6.07, 6.45) is 4.59. The lowest BCUT2D eigenvalue weighted by Crippen LogP contribution is -2.42. The zero-order chi connectivity index (χ0) is 16.7. The molecule has 1 aliphatic heterocycles. The van der Waals surface area contributed by atoms with E-state index in [9.17, 15) is 4.79 Å². The number of hydrogen-bond donors (Lipinski definition) is 1. The molecule has 1 N–H and O–H groups in total. The third-order valence-corrected chi connectivity index (χ3v) is 4.87. The molecule has 5 nitrogen and oxygen atoms in total. The van der Waals surface area contributed by atoms with Crippen molar-refractivity contribution >= 4 is 16.7 Å². The maximum atomic E-state index is 13.0. The fraction of sp³-hybridized carbons (Fsp3) is 0.316. The van der Waals surface area contributed by atoms with Crippen LogP contribution in [0, 0.1) is 6.92 Å². The molecule has 3 heterocycles. The molecule has 122 valence electrons. The molecule has 1 aromatic carbocycles. The number of para-hydroxylation sites is 1. The maximum absolute atomic E-state index is 13.0. The van der Waals surface area contributed by atoms with E-state index >= 15 is 0 Å². The number of rotatable bonds is 3. The third kappa shape index (κ3) is 2.51. The standard InChI is InChI=1S/C19H20N4O/c1-12(19(24)16-10-21-18-6-4-3-5-15(16)18)23-8-7-17-14(11-23)9-20-13(2)22-17/h3-6,9-10,12,21H,7-8,11H2,1-2H3/t12-/m1/s1. The van der Waals surface area contributed by atoms with Crippen LogP contribution in [0.3, 0.4) is 0 Å². The molecule has 3 aromatic rings. The molecule has 0 amide bonds. The molecule has 0 fully saturated rings. The summed E-state index contributed by atoms with van der Waals surface area (Å²) in [5, 5.41) is 0.991. The number of benzene rings is 1. The van der Waals surface area contributed by atoms with Crippen LogP contribution in [0.5, 0.6) is 0 Å². The first-order valence-electron chi connectivity index (χ1n) is 8.29. The van der Waals surface area contributed by atoms with Crippen molar-refractivity contribution in [2.24, 2.45) is 0 Å². The number of aromatic amines is 1. The highest BCUT2D eigenvalue weighted by Crippen LogP contribution is 2.23. The van der Waals surface area contributed by atoms with Crippen LogP contribution in [0.15, 0.2) is 36.7 Å². The van der Waals surface area contributed by atoms with Crippen LogP contribution in [0.1, 0.15) is 34.4 Å². The van der Waals surface area contributed by atoms with E-state index in [4.69, 9.17) is 0 Å². The van der Waals surface area contributed by atoms with Gasteiger partial charge in [0.25, 0.3) is 0 Å². The van der Waals surface area contributed by atoms with Gasteiger partial charge >= 0.3 is 0 Å². The van der Waals surface area contributed by atoms with Crippen LogP contribution in [-0.2, 0) is 13.0 Å². The van der Waals surface area contributed by atoms with Gasteiger partial charge in [0.2, 0.25) is 0 Å². The van der Waals surface area contributed by atoms with Gasteiger partial charge in [-0.2, -0.15) is 0 Å². The highest BCUT2D eigenvalue weighted by atomic mass is 16.1. The maximum Gasteiger partial charge on any atom is 0.181 e. The number of nitrogens with zero attached hydrogens (tertiary/aromatic N) is 3. The Kier molecular flexibility index (Phi) is 3.65. The van der Waals surface area contributed by atoms with Crippen molar-refractivity contribution in [3.8, 4) is 0 Å². The summed E-state index contributed by atoms with van der Waals surface area (Å²) in [6, 6.07) is 7.76. The van der Waals surface area contributed by atoms with Crippen LogP contribution in [0.2, 0.25) is 0 Å². The van der Waals surface area contributed by atoms with Crippen molar-refractivity contribution in [3.63, 3.8) is 0 Å². The van der Waals surface area contributed by atoms with Gasteiger partial charge in [-0.15, -0.1) is 0 Å². The number of carbonyl (C=O) groups excluding carboxylic acids is 1. The van der Waals surface area contributed by atoms with Gasteiger partial charge < -0.3 is 4.98 Å². The smallest absolute Gasteiger partial charge is 0.181 e. The number of hydrogen-bond acceptors (Lipinski definition) is 4. The van der Waals surface area contributed by atoms with Crippen molar-refractivity contribution in [3.05, 3.63) is 59.3 Å². The Morgan fingerprint density at radius 2 is 2.17 bits per heavy atom. The number of Topliss-reactive ketones (excluding diaryl/α,β-unsaturated/α-hetero) is 1. The highest BCUT2D eigenvalue weighted by molar-refractivity contribution is 6.10. The Morgan fingerprint density at radius 1 is 1.33 bits per heavy atom. The van der Waals surface area contributed by atoms with Gasteiger partial charge in [0, 0.05) is 59.6 Å². The molecule has 5 heteroatoms. The molecular formula is C19H20N4O. The first-order chi connectivity index (χ1) is 11.6. The Bertz CT molecular complexity index is 915. The van der Waals surface area contributed by atoms with Gasteiger partial charge in [-0.05, 0) is 19.9 Å². The molecular weight excluding hydrogens is 300 g/mol. The zero-order valence-corrected chi connectivity index (χ0v) is 13.9. The Balaban J connectivity index is 1.59. The van der Waals surface area contributed by atoms with Crippen molar-refractivity contribution in [2.75, 3.05) is 6.54 Å². The van der Waals surface area contributed by atoms with E-state index in [-0.39, 0.29) is 11.8 Å². The second-order valence-corrected chi connectivity index (χ2v) is 6.40. The summed E-state index contributed by atoms with van der Waals surface area (Å²) < 4.78 is 0. The minimum atomic E-state index is -0.168. The normalized spacial score (nSPS) is 16.1. The number of aromatic nitrogens is 3. The number of aryl methyl sites for hydroxylation is 1. The number of H-pyrrole nitrogens is 1. The Morgan fingerprint density at radius 3 is 3.04 bits per heavy atom. The van der Waals surface area contributed by atoms with E-state index in [2.05, 4.69) is 19.9 Å². The summed E-state index contributed by atoms with van der Waals surface area (Å²) in [4.78, 5) is 27.2. The van der Waals surface area contributed by atoms with Crippen molar-refractivity contribution < 1.29 is 4.79 Å². The largest absolute Gasteiger partial charge is 0.360 e. The minimum absolute atomic E-state index is 0.156. The fourth-order valence-electron chi connectivity index (χ4n) is 3.43. The number of ketones is 1. The molecule has 0 spiro atoms. The fourth-order valence-corrected chi connectivity index (χ4v) is 3.43.